The van der Waals surface area contributed by atoms with E-state index in [0.29, 0.717) is 23.9 Å². The number of nitrogens with zero attached hydrogens (tertiary/aromatic N) is 2. The maximum Gasteiger partial charge on any atom is 0.314 e. The molecule has 2 fully saturated rings. The predicted octanol–water partition coefficient (Wildman–Crippen LogP) is 4.11. The molecular weight excluding hydrogens is 396 g/mol. The van der Waals surface area contributed by atoms with Gasteiger partial charge in [0, 0.05) is 51.4 Å². The molecule has 0 aromatic heterocycles. The highest BCUT2D eigenvalue weighted by Crippen LogP contribution is 2.25. The van der Waals surface area contributed by atoms with E-state index in [9.17, 15) is 4.79 Å². The molecule has 2 saturated heterocycles. The minimum atomic E-state index is -0.0201. The smallest absolute Gasteiger partial charge is 0.314 e. The average molecular weight is 435 g/mol. The van der Waals surface area contributed by atoms with Crippen LogP contribution in [-0.4, -0.2) is 54.1 Å². The Hall–Kier alpha value is -2.37. The maximum atomic E-state index is 12.4. The largest absolute Gasteiger partial charge is 0.338 e. The fraction of sp³-hybridized carbons (Fsp3) is 0.519. The molecule has 5 heteroatoms. The number of benzene rings is 2. The van der Waals surface area contributed by atoms with Crippen LogP contribution in [0.2, 0.25) is 0 Å². The number of nitrogens with one attached hydrogen (secondary N) is 2. The molecule has 2 aliphatic rings. The summed E-state index contributed by atoms with van der Waals surface area (Å²) in [5, 5.41) is 6.25. The third-order valence-corrected chi connectivity index (χ3v) is 7.14. The number of carbonyl (C=O) groups is 1. The second kappa shape index (κ2) is 11.0. The SMILES string of the molecule is CC1CC(CNC(=O)NCC2CC(C)N(Cc3ccccc3)C2)CN1Cc1ccccc1. The van der Waals surface area contributed by atoms with Crippen molar-refractivity contribution >= 4 is 6.03 Å². The lowest BCUT2D eigenvalue weighted by Crippen LogP contribution is -2.41. The molecule has 32 heavy (non-hydrogen) atoms. The summed E-state index contributed by atoms with van der Waals surface area (Å²) in [6, 6.07) is 22.4. The molecule has 2 aromatic carbocycles. The zero-order chi connectivity index (χ0) is 22.3. The Labute approximate surface area is 193 Å². The first-order chi connectivity index (χ1) is 15.6. The molecular formula is C27H38N4O. The van der Waals surface area contributed by atoms with E-state index in [-0.39, 0.29) is 6.03 Å². The van der Waals surface area contributed by atoms with E-state index in [1.54, 1.807) is 0 Å². The molecule has 5 nitrogen and oxygen atoms in total. The first-order valence-electron chi connectivity index (χ1n) is 12.1. The van der Waals surface area contributed by atoms with Crippen molar-refractivity contribution in [1.29, 1.82) is 0 Å². The van der Waals surface area contributed by atoms with Crippen LogP contribution in [0.25, 0.3) is 0 Å². The monoisotopic (exact) mass is 434 g/mol. The Morgan fingerprint density at radius 3 is 1.56 bits per heavy atom. The van der Waals surface area contributed by atoms with Crippen LogP contribution in [0.4, 0.5) is 4.79 Å². The van der Waals surface area contributed by atoms with E-state index in [1.807, 2.05) is 0 Å². The summed E-state index contributed by atoms with van der Waals surface area (Å²) in [5.74, 6) is 1.04. The standard InChI is InChI=1S/C27H38N4O/c1-21-13-25(19-30(21)17-23-9-5-3-6-10-23)15-28-27(32)29-16-26-14-22(2)31(20-26)18-24-11-7-4-8-12-24/h3-12,21-22,25-26H,13-20H2,1-2H3,(H2,28,29,32). The van der Waals surface area contributed by atoms with Crippen LogP contribution in [0.1, 0.15) is 37.8 Å². The third-order valence-electron chi connectivity index (χ3n) is 7.14. The molecule has 4 rings (SSSR count). The Balaban J connectivity index is 1.14. The van der Waals surface area contributed by atoms with Gasteiger partial charge in [0.25, 0.3) is 0 Å². The van der Waals surface area contributed by atoms with E-state index < -0.39 is 0 Å². The van der Waals surface area contributed by atoms with Crippen molar-refractivity contribution in [2.75, 3.05) is 26.2 Å². The molecule has 0 radical (unpaired) electrons. The Kier molecular flexibility index (Phi) is 7.82. The van der Waals surface area contributed by atoms with Gasteiger partial charge in [0.1, 0.15) is 0 Å². The number of carbonyl (C=O) groups excluding carboxylic acids is 1. The van der Waals surface area contributed by atoms with Gasteiger partial charge in [-0.15, -0.1) is 0 Å². The number of hydrogen-bond donors (Lipinski definition) is 2. The maximum absolute atomic E-state index is 12.4. The Morgan fingerprint density at radius 2 is 1.16 bits per heavy atom. The van der Waals surface area contributed by atoms with Crippen LogP contribution in [0.3, 0.4) is 0 Å². The lowest BCUT2D eigenvalue weighted by Gasteiger charge is -2.21. The first kappa shape index (κ1) is 22.8. The molecule has 2 heterocycles. The van der Waals surface area contributed by atoms with Crippen LogP contribution >= 0.6 is 0 Å². The lowest BCUT2D eigenvalue weighted by molar-refractivity contribution is 0.234. The third kappa shape index (κ3) is 6.33. The number of amides is 2. The predicted molar refractivity (Wildman–Crippen MR) is 130 cm³/mol. The topological polar surface area (TPSA) is 47.6 Å². The average Bonchev–Trinajstić information content (AvgIpc) is 3.33. The van der Waals surface area contributed by atoms with Crippen molar-refractivity contribution in [3.05, 3.63) is 71.8 Å². The van der Waals surface area contributed by atoms with Crippen LogP contribution < -0.4 is 10.6 Å². The van der Waals surface area contributed by atoms with Gasteiger partial charge in [-0.2, -0.15) is 0 Å². The van der Waals surface area contributed by atoms with Gasteiger partial charge in [-0.3, -0.25) is 9.80 Å². The highest BCUT2D eigenvalue weighted by molar-refractivity contribution is 5.73. The van der Waals surface area contributed by atoms with Crippen molar-refractivity contribution in [1.82, 2.24) is 20.4 Å². The lowest BCUT2D eigenvalue weighted by atomic mass is 10.1. The summed E-state index contributed by atoms with van der Waals surface area (Å²) in [7, 11) is 0. The molecule has 4 atom stereocenters. The van der Waals surface area contributed by atoms with Gasteiger partial charge < -0.3 is 10.6 Å². The van der Waals surface area contributed by atoms with Gasteiger partial charge in [-0.05, 0) is 49.7 Å². The van der Waals surface area contributed by atoms with Crippen molar-refractivity contribution in [3.63, 3.8) is 0 Å². The number of rotatable bonds is 8. The molecule has 0 saturated carbocycles. The van der Waals surface area contributed by atoms with E-state index in [4.69, 9.17) is 0 Å². The summed E-state index contributed by atoms with van der Waals surface area (Å²) < 4.78 is 0. The van der Waals surface area contributed by atoms with Crippen molar-refractivity contribution < 1.29 is 4.79 Å². The van der Waals surface area contributed by atoms with Gasteiger partial charge in [0.05, 0.1) is 0 Å². The molecule has 4 unspecified atom stereocenters. The molecule has 2 aliphatic heterocycles. The number of likely N-dealkylation sites (tertiary alicyclic amines) is 2. The highest BCUT2D eigenvalue weighted by Gasteiger charge is 2.30. The fourth-order valence-electron chi connectivity index (χ4n) is 5.34. The number of urea groups is 1. The van der Waals surface area contributed by atoms with Crippen LogP contribution in [0.15, 0.2) is 60.7 Å². The van der Waals surface area contributed by atoms with Gasteiger partial charge in [-0.1, -0.05) is 60.7 Å². The minimum Gasteiger partial charge on any atom is -0.338 e. The molecule has 0 bridgehead atoms. The number of hydrogen-bond acceptors (Lipinski definition) is 3. The minimum absolute atomic E-state index is 0.0201. The molecule has 172 valence electrons. The van der Waals surface area contributed by atoms with Crippen LogP contribution in [0.5, 0.6) is 0 Å². The highest BCUT2D eigenvalue weighted by atomic mass is 16.2. The van der Waals surface area contributed by atoms with E-state index in [1.165, 1.54) is 11.1 Å². The molecule has 2 aromatic rings. The van der Waals surface area contributed by atoms with Crippen molar-refractivity contribution in [2.24, 2.45) is 11.8 Å². The Morgan fingerprint density at radius 1 is 0.750 bits per heavy atom. The zero-order valence-corrected chi connectivity index (χ0v) is 19.5. The summed E-state index contributed by atoms with van der Waals surface area (Å²) in [6.45, 7) is 10.2. The van der Waals surface area contributed by atoms with E-state index in [0.717, 1.165) is 52.1 Å². The Bertz CT molecular complexity index is 774. The second-order valence-corrected chi connectivity index (χ2v) is 9.82. The normalized spacial score (nSPS) is 26.3. The zero-order valence-electron chi connectivity index (χ0n) is 19.5. The molecule has 0 aliphatic carbocycles. The first-order valence-corrected chi connectivity index (χ1v) is 12.1. The van der Waals surface area contributed by atoms with Crippen molar-refractivity contribution in [2.45, 2.75) is 51.9 Å². The van der Waals surface area contributed by atoms with E-state index >= 15 is 0 Å². The van der Waals surface area contributed by atoms with Crippen LogP contribution in [-0.2, 0) is 13.1 Å². The second-order valence-electron chi connectivity index (χ2n) is 9.82. The molecule has 2 amide bonds. The van der Waals surface area contributed by atoms with Crippen molar-refractivity contribution in [3.8, 4) is 0 Å². The molecule has 0 spiro atoms. The van der Waals surface area contributed by atoms with Crippen LogP contribution in [0, 0.1) is 11.8 Å². The summed E-state index contributed by atoms with van der Waals surface area (Å²) in [6.07, 6.45) is 2.28. The summed E-state index contributed by atoms with van der Waals surface area (Å²) in [5.41, 5.74) is 2.72. The van der Waals surface area contributed by atoms with E-state index in [2.05, 4.69) is 94.9 Å². The van der Waals surface area contributed by atoms with Gasteiger partial charge in [0.15, 0.2) is 0 Å². The van der Waals surface area contributed by atoms with Gasteiger partial charge in [-0.25, -0.2) is 4.79 Å². The van der Waals surface area contributed by atoms with Gasteiger partial charge in [0.2, 0.25) is 0 Å². The molecule has 2 N–H and O–H groups in total. The quantitative estimate of drug-likeness (QED) is 0.657. The fourth-order valence-corrected chi connectivity index (χ4v) is 5.34. The summed E-state index contributed by atoms with van der Waals surface area (Å²) in [4.78, 5) is 17.5. The van der Waals surface area contributed by atoms with Gasteiger partial charge >= 0.3 is 6.03 Å². The summed E-state index contributed by atoms with van der Waals surface area (Å²) >= 11 is 0.